The molecule has 1 atom stereocenters. The maximum atomic E-state index is 11.6. The first-order chi connectivity index (χ1) is 8.62. The van der Waals surface area contributed by atoms with Crippen LogP contribution in [0.5, 0.6) is 11.5 Å². The van der Waals surface area contributed by atoms with Crippen LogP contribution >= 0.6 is 0 Å². The Morgan fingerprint density at radius 2 is 2.06 bits per heavy atom. The predicted molar refractivity (Wildman–Crippen MR) is 71.0 cm³/mol. The Morgan fingerprint density at radius 3 is 2.61 bits per heavy atom. The lowest BCUT2D eigenvalue weighted by molar-refractivity contribution is -0.121. The highest BCUT2D eigenvalue weighted by Crippen LogP contribution is 2.29. The Kier molecular flexibility index (Phi) is 5.49. The van der Waals surface area contributed by atoms with Crippen LogP contribution in [-0.2, 0) is 4.79 Å². The normalized spacial score (nSPS) is 11.8. The molecule has 18 heavy (non-hydrogen) atoms. The van der Waals surface area contributed by atoms with Crippen molar-refractivity contribution >= 4 is 5.91 Å². The highest BCUT2D eigenvalue weighted by molar-refractivity contribution is 5.76. The summed E-state index contributed by atoms with van der Waals surface area (Å²) in [6.45, 7) is 3.92. The van der Waals surface area contributed by atoms with E-state index >= 15 is 0 Å². The van der Waals surface area contributed by atoms with Crippen LogP contribution in [0.1, 0.15) is 38.3 Å². The second-order valence-corrected chi connectivity index (χ2v) is 4.15. The summed E-state index contributed by atoms with van der Waals surface area (Å²) < 4.78 is 10.5. The van der Waals surface area contributed by atoms with Crippen molar-refractivity contribution in [2.24, 2.45) is 0 Å². The molecular formula is C14H21NO3. The Morgan fingerprint density at radius 1 is 1.33 bits per heavy atom. The average Bonchev–Trinajstić information content (AvgIpc) is 2.38. The number of nitrogens with one attached hydrogen (secondary N) is 1. The van der Waals surface area contributed by atoms with Gasteiger partial charge in [-0.25, -0.2) is 0 Å². The van der Waals surface area contributed by atoms with Gasteiger partial charge in [-0.1, -0.05) is 6.92 Å². The number of carbonyl (C=O) groups excluding carboxylic acids is 1. The molecule has 0 spiro atoms. The predicted octanol–water partition coefficient (Wildman–Crippen LogP) is 2.68. The first kappa shape index (κ1) is 14.4. The van der Waals surface area contributed by atoms with E-state index in [1.807, 2.05) is 32.0 Å². The van der Waals surface area contributed by atoms with Crippen molar-refractivity contribution < 1.29 is 14.3 Å². The van der Waals surface area contributed by atoms with Gasteiger partial charge >= 0.3 is 0 Å². The number of ether oxygens (including phenoxy) is 2. The van der Waals surface area contributed by atoms with Gasteiger partial charge in [0.15, 0.2) is 0 Å². The van der Waals surface area contributed by atoms with Gasteiger partial charge in [-0.2, -0.15) is 0 Å². The van der Waals surface area contributed by atoms with Gasteiger partial charge < -0.3 is 14.8 Å². The van der Waals surface area contributed by atoms with Crippen LogP contribution in [-0.4, -0.2) is 20.1 Å². The van der Waals surface area contributed by atoms with E-state index in [1.165, 1.54) is 0 Å². The van der Waals surface area contributed by atoms with Crippen molar-refractivity contribution in [3.63, 3.8) is 0 Å². The molecule has 0 radical (unpaired) electrons. The molecule has 1 rings (SSSR count). The van der Waals surface area contributed by atoms with Crippen molar-refractivity contribution in [2.45, 2.75) is 32.7 Å². The molecule has 1 unspecified atom stereocenters. The minimum absolute atomic E-state index is 0.0508. The highest BCUT2D eigenvalue weighted by Gasteiger charge is 2.14. The van der Waals surface area contributed by atoms with Crippen LogP contribution in [0.15, 0.2) is 18.2 Å². The van der Waals surface area contributed by atoms with E-state index in [0.29, 0.717) is 6.42 Å². The molecule has 0 aliphatic rings. The van der Waals surface area contributed by atoms with Crippen LogP contribution < -0.4 is 14.8 Å². The lowest BCUT2D eigenvalue weighted by atomic mass is 10.1. The summed E-state index contributed by atoms with van der Waals surface area (Å²) in [5, 5.41) is 2.95. The Hall–Kier alpha value is -1.71. The SMILES string of the molecule is CCCC(=O)NC(C)c1cc(OC)ccc1OC. The van der Waals surface area contributed by atoms with E-state index in [0.717, 1.165) is 23.5 Å². The van der Waals surface area contributed by atoms with Crippen LogP contribution in [0.3, 0.4) is 0 Å². The lowest BCUT2D eigenvalue weighted by Crippen LogP contribution is -2.26. The number of hydrogen-bond donors (Lipinski definition) is 1. The van der Waals surface area contributed by atoms with Crippen molar-refractivity contribution in [1.29, 1.82) is 0 Å². The van der Waals surface area contributed by atoms with Crippen LogP contribution in [0.2, 0.25) is 0 Å². The third kappa shape index (κ3) is 3.65. The molecule has 0 fully saturated rings. The molecule has 1 amide bonds. The highest BCUT2D eigenvalue weighted by atomic mass is 16.5. The molecule has 4 heteroatoms. The standard InChI is InChI=1S/C14H21NO3/c1-5-6-14(16)15-10(2)12-9-11(17-3)7-8-13(12)18-4/h7-10H,5-6H2,1-4H3,(H,15,16). The summed E-state index contributed by atoms with van der Waals surface area (Å²) in [5.74, 6) is 1.55. The molecule has 100 valence electrons. The zero-order valence-corrected chi connectivity index (χ0v) is 11.4. The van der Waals surface area contributed by atoms with Gasteiger partial charge in [0.1, 0.15) is 11.5 Å². The summed E-state index contributed by atoms with van der Waals surface area (Å²) in [4.78, 5) is 11.6. The minimum atomic E-state index is -0.103. The number of methoxy groups -OCH3 is 2. The van der Waals surface area contributed by atoms with E-state index in [-0.39, 0.29) is 11.9 Å². The van der Waals surface area contributed by atoms with Crippen molar-refractivity contribution in [3.05, 3.63) is 23.8 Å². The molecule has 0 aliphatic carbocycles. The molecule has 1 aromatic carbocycles. The Bertz CT molecular complexity index is 404. The third-order valence-corrected chi connectivity index (χ3v) is 2.76. The summed E-state index contributed by atoms with van der Waals surface area (Å²) in [6, 6.07) is 5.46. The van der Waals surface area contributed by atoms with E-state index in [1.54, 1.807) is 14.2 Å². The maximum Gasteiger partial charge on any atom is 0.220 e. The summed E-state index contributed by atoms with van der Waals surface area (Å²) in [7, 11) is 3.23. The Labute approximate surface area is 108 Å². The van der Waals surface area contributed by atoms with Gasteiger partial charge in [0, 0.05) is 12.0 Å². The second-order valence-electron chi connectivity index (χ2n) is 4.15. The average molecular weight is 251 g/mol. The quantitative estimate of drug-likeness (QED) is 0.845. The summed E-state index contributed by atoms with van der Waals surface area (Å²) in [5.41, 5.74) is 0.918. The molecule has 0 heterocycles. The number of hydrogen-bond acceptors (Lipinski definition) is 3. The van der Waals surface area contributed by atoms with Gasteiger partial charge in [0.05, 0.1) is 20.3 Å². The molecule has 0 bridgehead atoms. The minimum Gasteiger partial charge on any atom is -0.497 e. The number of rotatable bonds is 6. The zero-order valence-electron chi connectivity index (χ0n) is 11.4. The van der Waals surface area contributed by atoms with Crippen molar-refractivity contribution in [2.75, 3.05) is 14.2 Å². The van der Waals surface area contributed by atoms with E-state index in [2.05, 4.69) is 5.32 Å². The van der Waals surface area contributed by atoms with E-state index in [9.17, 15) is 4.79 Å². The van der Waals surface area contributed by atoms with Gasteiger partial charge in [-0.15, -0.1) is 0 Å². The van der Waals surface area contributed by atoms with E-state index < -0.39 is 0 Å². The van der Waals surface area contributed by atoms with Crippen molar-refractivity contribution in [3.8, 4) is 11.5 Å². The summed E-state index contributed by atoms with van der Waals surface area (Å²) in [6.07, 6.45) is 1.38. The molecule has 0 saturated carbocycles. The van der Waals surface area contributed by atoms with Gasteiger partial charge in [-0.3, -0.25) is 4.79 Å². The van der Waals surface area contributed by atoms with E-state index in [4.69, 9.17) is 9.47 Å². The molecule has 1 N–H and O–H groups in total. The molecule has 0 saturated heterocycles. The smallest absolute Gasteiger partial charge is 0.220 e. The zero-order chi connectivity index (χ0) is 13.5. The second kappa shape index (κ2) is 6.89. The van der Waals surface area contributed by atoms with Crippen LogP contribution in [0.25, 0.3) is 0 Å². The van der Waals surface area contributed by atoms with Crippen molar-refractivity contribution in [1.82, 2.24) is 5.32 Å². The number of amides is 1. The lowest BCUT2D eigenvalue weighted by Gasteiger charge is -2.18. The number of benzene rings is 1. The molecular weight excluding hydrogens is 230 g/mol. The summed E-state index contributed by atoms with van der Waals surface area (Å²) >= 11 is 0. The largest absolute Gasteiger partial charge is 0.497 e. The molecule has 4 nitrogen and oxygen atoms in total. The number of carbonyl (C=O) groups is 1. The molecule has 0 aromatic heterocycles. The molecule has 1 aromatic rings. The third-order valence-electron chi connectivity index (χ3n) is 2.76. The van der Waals surface area contributed by atoms with Crippen LogP contribution in [0.4, 0.5) is 0 Å². The maximum absolute atomic E-state index is 11.6. The van der Waals surface area contributed by atoms with Gasteiger partial charge in [0.25, 0.3) is 0 Å². The fourth-order valence-corrected chi connectivity index (χ4v) is 1.80. The first-order valence-corrected chi connectivity index (χ1v) is 6.13. The van der Waals surface area contributed by atoms with Crippen LogP contribution in [0, 0.1) is 0 Å². The monoisotopic (exact) mass is 251 g/mol. The first-order valence-electron chi connectivity index (χ1n) is 6.13. The fourth-order valence-electron chi connectivity index (χ4n) is 1.80. The Balaban J connectivity index is 2.88. The van der Waals surface area contributed by atoms with Gasteiger partial charge in [0.2, 0.25) is 5.91 Å². The molecule has 0 aliphatic heterocycles. The van der Waals surface area contributed by atoms with Gasteiger partial charge in [-0.05, 0) is 31.5 Å². The fraction of sp³-hybridized carbons (Fsp3) is 0.500. The topological polar surface area (TPSA) is 47.6 Å².